The van der Waals surface area contributed by atoms with Gasteiger partial charge < -0.3 is 14.3 Å². The molecule has 0 radical (unpaired) electrons. The summed E-state index contributed by atoms with van der Waals surface area (Å²) in [5.41, 5.74) is 2.40. The van der Waals surface area contributed by atoms with Crippen molar-refractivity contribution in [1.82, 2.24) is 14.9 Å². The van der Waals surface area contributed by atoms with Crippen LogP contribution in [-0.4, -0.2) is 9.55 Å². The third kappa shape index (κ3) is 2.58. The normalized spacial score (nSPS) is 12.9. The minimum absolute atomic E-state index is 0.280. The van der Waals surface area contributed by atoms with E-state index in [1.165, 1.54) is 11.3 Å². The van der Waals surface area contributed by atoms with Crippen LogP contribution in [0.25, 0.3) is 0 Å². The van der Waals surface area contributed by atoms with Gasteiger partial charge in [0.2, 0.25) is 0 Å². The molecule has 4 nitrogen and oxygen atoms in total. The first-order valence-electron chi connectivity index (χ1n) is 5.83. The molecule has 2 aromatic heterocycles. The molecule has 0 aliphatic rings. The topological polar surface area (TPSA) is 43.0 Å². The Morgan fingerprint density at radius 2 is 2.24 bits per heavy atom. The lowest BCUT2D eigenvalue weighted by Crippen LogP contribution is -2.19. The van der Waals surface area contributed by atoms with Gasteiger partial charge in [-0.05, 0) is 26.8 Å². The Balaban J connectivity index is 2.00. The first kappa shape index (κ1) is 11.9. The van der Waals surface area contributed by atoms with Crippen molar-refractivity contribution in [3.05, 3.63) is 41.4 Å². The Morgan fingerprint density at radius 1 is 1.47 bits per heavy atom. The van der Waals surface area contributed by atoms with Gasteiger partial charge in [0.25, 0.3) is 0 Å². The van der Waals surface area contributed by atoms with Gasteiger partial charge in [0, 0.05) is 31.4 Å². The molecule has 1 N–H and O–H groups in total. The van der Waals surface area contributed by atoms with Crippen LogP contribution < -0.4 is 5.32 Å². The van der Waals surface area contributed by atoms with Crippen molar-refractivity contribution < 1.29 is 4.42 Å². The van der Waals surface area contributed by atoms with Crippen LogP contribution in [0.1, 0.15) is 35.7 Å². The van der Waals surface area contributed by atoms with Gasteiger partial charge in [0.05, 0.1) is 12.0 Å². The van der Waals surface area contributed by atoms with Crippen LogP contribution in [0.2, 0.25) is 0 Å². The highest BCUT2D eigenvalue weighted by Crippen LogP contribution is 2.21. The van der Waals surface area contributed by atoms with Crippen LogP contribution in [-0.2, 0) is 13.6 Å². The number of hydrogen-bond donors (Lipinski definition) is 1. The number of nitrogens with one attached hydrogen (secondary N) is 1. The van der Waals surface area contributed by atoms with E-state index in [1.54, 1.807) is 0 Å². The predicted octanol–water partition coefficient (Wildman–Crippen LogP) is 2.48. The Bertz CT molecular complexity index is 498. The average Bonchev–Trinajstić information content (AvgIpc) is 2.81. The van der Waals surface area contributed by atoms with Crippen molar-refractivity contribution in [3.63, 3.8) is 0 Å². The minimum atomic E-state index is 0.280. The molecule has 0 aliphatic heterocycles. The van der Waals surface area contributed by atoms with Crippen molar-refractivity contribution >= 4 is 0 Å². The smallest absolute Gasteiger partial charge is 0.105 e. The monoisotopic (exact) mass is 233 g/mol. The van der Waals surface area contributed by atoms with Crippen molar-refractivity contribution in [2.24, 2.45) is 7.05 Å². The fourth-order valence-corrected chi connectivity index (χ4v) is 2.00. The number of furan rings is 1. The summed E-state index contributed by atoms with van der Waals surface area (Å²) in [5.74, 6) is 1.96. The predicted molar refractivity (Wildman–Crippen MR) is 66.6 cm³/mol. The van der Waals surface area contributed by atoms with E-state index in [1.807, 2.05) is 38.0 Å². The molecule has 0 amide bonds. The molecule has 0 aliphatic carbocycles. The summed E-state index contributed by atoms with van der Waals surface area (Å²) in [4.78, 5) is 4.10. The second-order valence-electron chi connectivity index (χ2n) is 4.47. The van der Waals surface area contributed by atoms with E-state index in [0.29, 0.717) is 0 Å². The molecule has 4 heteroatoms. The number of aryl methyl sites for hydroxylation is 3. The second kappa shape index (κ2) is 4.75. The van der Waals surface area contributed by atoms with Crippen molar-refractivity contribution in [2.75, 3.05) is 0 Å². The molecule has 0 fully saturated rings. The molecule has 2 rings (SSSR count). The summed E-state index contributed by atoms with van der Waals surface area (Å²) in [5, 5.41) is 3.48. The summed E-state index contributed by atoms with van der Waals surface area (Å²) in [6.45, 7) is 6.93. The zero-order valence-corrected chi connectivity index (χ0v) is 10.8. The van der Waals surface area contributed by atoms with Crippen LogP contribution in [0.5, 0.6) is 0 Å². The molecule has 92 valence electrons. The fraction of sp³-hybridized carbons (Fsp3) is 0.462. The highest BCUT2D eigenvalue weighted by molar-refractivity contribution is 5.23. The van der Waals surface area contributed by atoms with Crippen LogP contribution >= 0.6 is 0 Å². The van der Waals surface area contributed by atoms with E-state index in [4.69, 9.17) is 4.42 Å². The Kier molecular flexibility index (Phi) is 3.33. The summed E-state index contributed by atoms with van der Waals surface area (Å²) in [6.07, 6.45) is 3.70. The minimum Gasteiger partial charge on any atom is -0.466 e. The van der Waals surface area contributed by atoms with Crippen LogP contribution in [0.4, 0.5) is 0 Å². The van der Waals surface area contributed by atoms with Gasteiger partial charge in [-0.3, -0.25) is 0 Å². The molecule has 0 saturated carbocycles. The largest absolute Gasteiger partial charge is 0.466 e. The molecule has 0 aromatic carbocycles. The lowest BCUT2D eigenvalue weighted by Gasteiger charge is -2.13. The molecule has 17 heavy (non-hydrogen) atoms. The average molecular weight is 233 g/mol. The van der Waals surface area contributed by atoms with Crippen LogP contribution in [0.3, 0.4) is 0 Å². The summed E-state index contributed by atoms with van der Waals surface area (Å²) >= 11 is 0. The summed E-state index contributed by atoms with van der Waals surface area (Å²) in [7, 11) is 2.00. The number of aromatic nitrogens is 2. The van der Waals surface area contributed by atoms with E-state index < -0.39 is 0 Å². The molecule has 0 saturated heterocycles. The lowest BCUT2D eigenvalue weighted by molar-refractivity contribution is 0.488. The maximum Gasteiger partial charge on any atom is 0.105 e. The number of nitrogens with zero attached hydrogens (tertiary/aromatic N) is 2. The van der Waals surface area contributed by atoms with Gasteiger partial charge in [-0.2, -0.15) is 0 Å². The zero-order valence-electron chi connectivity index (χ0n) is 10.8. The molecule has 0 bridgehead atoms. The highest BCUT2D eigenvalue weighted by atomic mass is 16.3. The first-order chi connectivity index (χ1) is 8.08. The zero-order chi connectivity index (χ0) is 12.4. The second-order valence-corrected chi connectivity index (χ2v) is 4.47. The molecule has 2 aromatic rings. The van der Waals surface area contributed by atoms with Crippen molar-refractivity contribution in [2.45, 2.75) is 33.4 Å². The van der Waals surface area contributed by atoms with E-state index >= 15 is 0 Å². The summed E-state index contributed by atoms with van der Waals surface area (Å²) in [6, 6.07) is 2.37. The van der Waals surface area contributed by atoms with Gasteiger partial charge in [0.1, 0.15) is 11.5 Å². The maximum atomic E-state index is 5.54. The maximum absolute atomic E-state index is 5.54. The molecule has 1 atom stereocenters. The Hall–Kier alpha value is -1.55. The molecule has 1 unspecified atom stereocenters. The number of hydrogen-bond acceptors (Lipinski definition) is 3. The first-order valence-corrected chi connectivity index (χ1v) is 5.83. The third-order valence-electron chi connectivity index (χ3n) is 3.05. The Morgan fingerprint density at radius 3 is 2.76 bits per heavy atom. The number of imidazole rings is 1. The van der Waals surface area contributed by atoms with E-state index in [0.717, 1.165) is 18.1 Å². The molecule has 2 heterocycles. The third-order valence-corrected chi connectivity index (χ3v) is 3.05. The van der Waals surface area contributed by atoms with Crippen molar-refractivity contribution in [3.8, 4) is 0 Å². The number of rotatable bonds is 4. The van der Waals surface area contributed by atoms with Crippen LogP contribution in [0.15, 0.2) is 23.0 Å². The van der Waals surface area contributed by atoms with Crippen molar-refractivity contribution in [1.29, 1.82) is 0 Å². The Labute approximate surface area is 102 Å². The highest BCUT2D eigenvalue weighted by Gasteiger charge is 2.12. The van der Waals surface area contributed by atoms with Gasteiger partial charge >= 0.3 is 0 Å². The summed E-state index contributed by atoms with van der Waals surface area (Å²) < 4.78 is 7.56. The van der Waals surface area contributed by atoms with Gasteiger partial charge in [-0.15, -0.1) is 0 Å². The van der Waals surface area contributed by atoms with Gasteiger partial charge in [-0.25, -0.2) is 4.98 Å². The van der Waals surface area contributed by atoms with Crippen LogP contribution in [0, 0.1) is 13.8 Å². The van der Waals surface area contributed by atoms with Gasteiger partial charge in [0.15, 0.2) is 0 Å². The van der Waals surface area contributed by atoms with E-state index in [2.05, 4.69) is 23.3 Å². The molecular formula is C13H19N3O. The molecule has 0 spiro atoms. The molecular weight excluding hydrogens is 214 g/mol. The van der Waals surface area contributed by atoms with E-state index in [9.17, 15) is 0 Å². The standard InChI is InChI=1S/C13H19N3O/c1-9-5-13(11(3)17-9)10(2)15-7-12-6-14-8-16(12)4/h5-6,8,10,15H,7H2,1-4H3. The quantitative estimate of drug-likeness (QED) is 0.882. The van der Waals surface area contributed by atoms with Gasteiger partial charge in [-0.1, -0.05) is 0 Å². The lowest BCUT2D eigenvalue weighted by atomic mass is 10.1. The fourth-order valence-electron chi connectivity index (χ4n) is 2.00. The SMILES string of the molecule is Cc1cc(C(C)NCc2cncn2C)c(C)o1. The van der Waals surface area contributed by atoms with E-state index in [-0.39, 0.29) is 6.04 Å².